The van der Waals surface area contributed by atoms with Gasteiger partial charge in [0.15, 0.2) is 0 Å². The van der Waals surface area contributed by atoms with Crippen molar-refractivity contribution in [2.75, 3.05) is 25.5 Å². The van der Waals surface area contributed by atoms with E-state index >= 15 is 0 Å². The van der Waals surface area contributed by atoms with Crippen molar-refractivity contribution < 1.29 is 4.79 Å². The fraction of sp³-hybridized carbons (Fsp3) is 0.667. The minimum Gasteiger partial charge on any atom is -0.324 e. The van der Waals surface area contributed by atoms with Crippen LogP contribution in [0.5, 0.6) is 0 Å². The molecular formula is C12H20N4O. The van der Waals surface area contributed by atoms with Gasteiger partial charge in [-0.2, -0.15) is 5.10 Å². The van der Waals surface area contributed by atoms with Crippen LogP contribution < -0.4 is 5.32 Å². The lowest BCUT2D eigenvalue weighted by Crippen LogP contribution is -2.31. The zero-order chi connectivity index (χ0) is 12.3. The van der Waals surface area contributed by atoms with Crippen LogP contribution >= 0.6 is 0 Å². The average molecular weight is 236 g/mol. The molecule has 1 aliphatic heterocycles. The van der Waals surface area contributed by atoms with Gasteiger partial charge in [-0.25, -0.2) is 0 Å². The topological polar surface area (TPSA) is 50.2 Å². The number of nitrogens with zero attached hydrogens (tertiary/aromatic N) is 3. The lowest BCUT2D eigenvalue weighted by Gasteiger charge is -2.28. The SMILES string of the molecule is CC(=O)Nc1cnn(CC2CCN(C)CC2)c1. The summed E-state index contributed by atoms with van der Waals surface area (Å²) in [7, 11) is 2.17. The second-order valence-electron chi connectivity index (χ2n) is 4.88. The highest BCUT2D eigenvalue weighted by Gasteiger charge is 2.17. The molecule has 1 aromatic rings. The third kappa shape index (κ3) is 3.56. The second kappa shape index (κ2) is 5.31. The summed E-state index contributed by atoms with van der Waals surface area (Å²) >= 11 is 0. The van der Waals surface area contributed by atoms with Gasteiger partial charge in [0.05, 0.1) is 11.9 Å². The second-order valence-corrected chi connectivity index (χ2v) is 4.88. The highest BCUT2D eigenvalue weighted by atomic mass is 16.1. The molecule has 0 unspecified atom stereocenters. The number of carbonyl (C=O) groups excluding carboxylic acids is 1. The molecule has 0 radical (unpaired) electrons. The largest absolute Gasteiger partial charge is 0.324 e. The molecule has 0 spiro atoms. The number of carbonyl (C=O) groups is 1. The van der Waals surface area contributed by atoms with Crippen LogP contribution in [0.25, 0.3) is 0 Å². The molecule has 94 valence electrons. The van der Waals surface area contributed by atoms with E-state index in [4.69, 9.17) is 0 Å². The molecule has 1 fully saturated rings. The number of aromatic nitrogens is 2. The zero-order valence-corrected chi connectivity index (χ0v) is 10.5. The molecular weight excluding hydrogens is 216 g/mol. The van der Waals surface area contributed by atoms with Crippen LogP contribution in [0.1, 0.15) is 19.8 Å². The van der Waals surface area contributed by atoms with E-state index < -0.39 is 0 Å². The van der Waals surface area contributed by atoms with Crippen LogP contribution in [-0.2, 0) is 11.3 Å². The monoisotopic (exact) mass is 236 g/mol. The number of hydrogen-bond acceptors (Lipinski definition) is 3. The van der Waals surface area contributed by atoms with E-state index in [9.17, 15) is 4.79 Å². The van der Waals surface area contributed by atoms with Gasteiger partial charge in [0, 0.05) is 19.7 Å². The summed E-state index contributed by atoms with van der Waals surface area (Å²) in [5.74, 6) is 0.653. The lowest BCUT2D eigenvalue weighted by atomic mass is 9.97. The smallest absolute Gasteiger partial charge is 0.221 e. The summed E-state index contributed by atoms with van der Waals surface area (Å²) in [6.07, 6.45) is 6.06. The number of rotatable bonds is 3. The molecule has 0 saturated carbocycles. The molecule has 0 aromatic carbocycles. The minimum atomic E-state index is -0.0520. The van der Waals surface area contributed by atoms with Crippen LogP contribution in [-0.4, -0.2) is 40.7 Å². The Morgan fingerprint density at radius 3 is 2.88 bits per heavy atom. The van der Waals surface area contributed by atoms with E-state index in [2.05, 4.69) is 22.4 Å². The van der Waals surface area contributed by atoms with Gasteiger partial charge in [-0.05, 0) is 38.9 Å². The molecule has 5 nitrogen and oxygen atoms in total. The number of nitrogens with one attached hydrogen (secondary N) is 1. The first-order chi connectivity index (χ1) is 8.13. The standard InChI is InChI=1S/C12H20N4O/c1-10(17)14-12-7-13-16(9-12)8-11-3-5-15(2)6-4-11/h7,9,11H,3-6,8H2,1-2H3,(H,14,17). The molecule has 1 amide bonds. The summed E-state index contributed by atoms with van der Waals surface area (Å²) in [4.78, 5) is 13.3. The summed E-state index contributed by atoms with van der Waals surface area (Å²) in [5, 5.41) is 7.01. The summed E-state index contributed by atoms with van der Waals surface area (Å²) < 4.78 is 1.93. The van der Waals surface area contributed by atoms with Crippen LogP contribution in [0.2, 0.25) is 0 Å². The van der Waals surface area contributed by atoms with Gasteiger partial charge in [0.25, 0.3) is 0 Å². The highest BCUT2D eigenvalue weighted by molar-refractivity contribution is 5.88. The Kier molecular flexibility index (Phi) is 3.78. The van der Waals surface area contributed by atoms with Gasteiger partial charge in [-0.1, -0.05) is 0 Å². The molecule has 1 saturated heterocycles. The third-order valence-corrected chi connectivity index (χ3v) is 3.24. The van der Waals surface area contributed by atoms with Gasteiger partial charge < -0.3 is 10.2 Å². The first-order valence-corrected chi connectivity index (χ1v) is 6.12. The van der Waals surface area contributed by atoms with E-state index in [1.807, 2.05) is 10.9 Å². The molecule has 17 heavy (non-hydrogen) atoms. The van der Waals surface area contributed by atoms with Crippen LogP contribution in [0.3, 0.4) is 0 Å². The maximum absolute atomic E-state index is 10.9. The Morgan fingerprint density at radius 1 is 1.53 bits per heavy atom. The molecule has 1 N–H and O–H groups in total. The molecule has 0 bridgehead atoms. The lowest BCUT2D eigenvalue weighted by molar-refractivity contribution is -0.114. The normalized spacial score (nSPS) is 18.2. The van der Waals surface area contributed by atoms with Gasteiger partial charge >= 0.3 is 0 Å². The van der Waals surface area contributed by atoms with Gasteiger partial charge in [-0.15, -0.1) is 0 Å². The first-order valence-electron chi connectivity index (χ1n) is 6.12. The summed E-state index contributed by atoms with van der Waals surface area (Å²) in [6, 6.07) is 0. The number of piperidine rings is 1. The fourth-order valence-electron chi connectivity index (χ4n) is 2.24. The van der Waals surface area contributed by atoms with Crippen molar-refractivity contribution in [3.05, 3.63) is 12.4 Å². The fourth-order valence-corrected chi connectivity index (χ4v) is 2.24. The molecule has 0 atom stereocenters. The number of hydrogen-bond donors (Lipinski definition) is 1. The Balaban J connectivity index is 1.86. The quantitative estimate of drug-likeness (QED) is 0.857. The third-order valence-electron chi connectivity index (χ3n) is 3.24. The van der Waals surface area contributed by atoms with Crippen LogP contribution in [0.15, 0.2) is 12.4 Å². The maximum atomic E-state index is 10.9. The Labute approximate surface area is 102 Å². The van der Waals surface area contributed by atoms with Crippen LogP contribution in [0, 0.1) is 5.92 Å². The minimum absolute atomic E-state index is 0.0520. The van der Waals surface area contributed by atoms with Gasteiger partial charge in [0.2, 0.25) is 5.91 Å². The van der Waals surface area contributed by atoms with Crippen molar-refractivity contribution in [3.63, 3.8) is 0 Å². The van der Waals surface area contributed by atoms with Crippen molar-refractivity contribution >= 4 is 11.6 Å². The first kappa shape index (κ1) is 12.1. The van der Waals surface area contributed by atoms with Gasteiger partial charge in [-0.3, -0.25) is 9.48 Å². The highest BCUT2D eigenvalue weighted by Crippen LogP contribution is 2.18. The molecule has 1 aliphatic rings. The van der Waals surface area contributed by atoms with Crippen LogP contribution in [0.4, 0.5) is 5.69 Å². The summed E-state index contributed by atoms with van der Waals surface area (Å²) in [5.41, 5.74) is 0.783. The zero-order valence-electron chi connectivity index (χ0n) is 10.5. The molecule has 1 aromatic heterocycles. The maximum Gasteiger partial charge on any atom is 0.221 e. The predicted molar refractivity (Wildman–Crippen MR) is 66.8 cm³/mol. The van der Waals surface area contributed by atoms with E-state index in [0.717, 1.165) is 12.2 Å². The number of likely N-dealkylation sites (tertiary alicyclic amines) is 1. The Hall–Kier alpha value is -1.36. The Bertz CT molecular complexity index is 380. The van der Waals surface area contributed by atoms with E-state index in [-0.39, 0.29) is 5.91 Å². The average Bonchev–Trinajstić information content (AvgIpc) is 2.68. The van der Waals surface area contributed by atoms with E-state index in [1.165, 1.54) is 32.9 Å². The number of anilines is 1. The Morgan fingerprint density at radius 2 is 2.24 bits per heavy atom. The van der Waals surface area contributed by atoms with Crippen molar-refractivity contribution in [2.24, 2.45) is 5.92 Å². The predicted octanol–water partition coefficient (Wildman–Crippen LogP) is 1.18. The van der Waals surface area contributed by atoms with Gasteiger partial charge in [0.1, 0.15) is 0 Å². The molecule has 0 aliphatic carbocycles. The molecule has 5 heteroatoms. The van der Waals surface area contributed by atoms with Crippen molar-refractivity contribution in [2.45, 2.75) is 26.3 Å². The van der Waals surface area contributed by atoms with E-state index in [1.54, 1.807) is 6.20 Å². The van der Waals surface area contributed by atoms with Crippen molar-refractivity contribution in [1.29, 1.82) is 0 Å². The molecule has 2 heterocycles. The summed E-state index contributed by atoms with van der Waals surface area (Å²) in [6.45, 7) is 4.80. The van der Waals surface area contributed by atoms with E-state index in [0.29, 0.717) is 5.92 Å². The molecule has 2 rings (SSSR count). The number of amides is 1. The van der Waals surface area contributed by atoms with Crippen molar-refractivity contribution in [3.8, 4) is 0 Å². The van der Waals surface area contributed by atoms with Crippen molar-refractivity contribution in [1.82, 2.24) is 14.7 Å².